The van der Waals surface area contributed by atoms with Crippen molar-refractivity contribution in [2.24, 2.45) is 0 Å². The molecule has 0 unspecified atom stereocenters. The Morgan fingerprint density at radius 1 is 1.14 bits per heavy atom. The van der Waals surface area contributed by atoms with Gasteiger partial charge in [-0.05, 0) is 56.9 Å². The summed E-state index contributed by atoms with van der Waals surface area (Å²) in [5.41, 5.74) is 1.28. The van der Waals surface area contributed by atoms with Gasteiger partial charge in [-0.2, -0.15) is 0 Å². The molecule has 1 aliphatic rings. The van der Waals surface area contributed by atoms with E-state index in [0.717, 1.165) is 24.8 Å². The van der Waals surface area contributed by atoms with Crippen LogP contribution in [-0.4, -0.2) is 41.5 Å². The van der Waals surface area contributed by atoms with Crippen LogP contribution in [0, 0.1) is 10.1 Å². The molecule has 0 aromatic heterocycles. The quantitative estimate of drug-likeness (QED) is 0.531. The number of amides is 1. The number of ether oxygens (including phenoxy) is 2. The maximum absolute atomic E-state index is 12.8. The maximum atomic E-state index is 12.8. The second-order valence-electron chi connectivity index (χ2n) is 7.38. The van der Waals surface area contributed by atoms with Crippen LogP contribution in [-0.2, 0) is 4.79 Å². The van der Waals surface area contributed by atoms with Crippen LogP contribution < -0.4 is 9.47 Å². The van der Waals surface area contributed by atoms with Crippen molar-refractivity contribution in [1.82, 2.24) is 4.90 Å². The van der Waals surface area contributed by atoms with Crippen molar-refractivity contribution in [3.05, 3.63) is 52.6 Å². The topological polar surface area (TPSA) is 81.9 Å². The number of carbonyl (C=O) groups excluding carboxylic acids is 1. The normalized spacial score (nSPS) is 18.9. The number of piperidine rings is 1. The molecular weight excluding hydrogens is 372 g/mol. The Bertz CT molecular complexity index is 871. The van der Waals surface area contributed by atoms with Crippen LogP contribution >= 0.6 is 0 Å². The van der Waals surface area contributed by atoms with E-state index in [1.807, 2.05) is 4.90 Å². The summed E-state index contributed by atoms with van der Waals surface area (Å²) in [6, 6.07) is 11.9. The van der Waals surface area contributed by atoms with Crippen molar-refractivity contribution in [3.8, 4) is 22.6 Å². The zero-order chi connectivity index (χ0) is 21.0. The van der Waals surface area contributed by atoms with Crippen LogP contribution in [0.4, 0.5) is 5.69 Å². The average Bonchev–Trinajstić information content (AvgIpc) is 2.72. The molecule has 0 aliphatic carbocycles. The van der Waals surface area contributed by atoms with E-state index in [4.69, 9.17) is 9.47 Å². The molecule has 0 bridgehead atoms. The van der Waals surface area contributed by atoms with E-state index in [0.29, 0.717) is 17.1 Å². The van der Waals surface area contributed by atoms with Crippen molar-refractivity contribution >= 4 is 11.6 Å². The first-order valence-corrected chi connectivity index (χ1v) is 9.77. The van der Waals surface area contributed by atoms with Gasteiger partial charge in [0.25, 0.3) is 11.6 Å². The molecule has 1 aliphatic heterocycles. The van der Waals surface area contributed by atoms with Crippen molar-refractivity contribution in [2.75, 3.05) is 13.7 Å². The molecule has 2 aromatic rings. The zero-order valence-corrected chi connectivity index (χ0v) is 17.0. The molecule has 2 atom stereocenters. The summed E-state index contributed by atoms with van der Waals surface area (Å²) in [6.45, 7) is 4.01. The van der Waals surface area contributed by atoms with Crippen LogP contribution in [0.5, 0.6) is 11.5 Å². The Hall–Kier alpha value is -3.09. The van der Waals surface area contributed by atoms with Crippen molar-refractivity contribution < 1.29 is 19.2 Å². The predicted molar refractivity (Wildman–Crippen MR) is 110 cm³/mol. The first-order chi connectivity index (χ1) is 13.9. The Morgan fingerprint density at radius 3 is 2.38 bits per heavy atom. The van der Waals surface area contributed by atoms with Gasteiger partial charge in [-0.25, -0.2) is 0 Å². The minimum Gasteiger partial charge on any atom is -0.497 e. The molecule has 7 nitrogen and oxygen atoms in total. The summed E-state index contributed by atoms with van der Waals surface area (Å²) >= 11 is 0. The number of hydrogen-bond donors (Lipinski definition) is 0. The molecule has 1 amide bonds. The lowest BCUT2D eigenvalue weighted by molar-refractivity contribution is -0.384. The molecule has 1 fully saturated rings. The van der Waals surface area contributed by atoms with Gasteiger partial charge in [0.1, 0.15) is 11.5 Å². The van der Waals surface area contributed by atoms with Crippen LogP contribution in [0.3, 0.4) is 0 Å². The third kappa shape index (κ3) is 4.67. The minimum atomic E-state index is -0.445. The van der Waals surface area contributed by atoms with E-state index in [9.17, 15) is 14.9 Å². The molecule has 1 heterocycles. The minimum absolute atomic E-state index is 0.0345. The Balaban J connectivity index is 1.84. The number of nitrogens with zero attached hydrogens (tertiary/aromatic N) is 2. The molecule has 0 saturated carbocycles. The van der Waals surface area contributed by atoms with E-state index < -0.39 is 4.92 Å². The fourth-order valence-electron chi connectivity index (χ4n) is 3.88. The monoisotopic (exact) mass is 398 g/mol. The molecular formula is C22H26N2O5. The van der Waals surface area contributed by atoms with E-state index in [1.165, 1.54) is 12.1 Å². The van der Waals surface area contributed by atoms with Crippen LogP contribution in [0.15, 0.2) is 42.5 Å². The van der Waals surface area contributed by atoms with Crippen molar-refractivity contribution in [2.45, 2.75) is 45.2 Å². The number of hydrogen-bond acceptors (Lipinski definition) is 5. The molecule has 154 valence electrons. The summed E-state index contributed by atoms with van der Waals surface area (Å²) < 4.78 is 11.0. The standard InChI is InChI=1S/C22H26N2O5/c1-15-5-4-6-16(2)23(15)22(25)14-29-21-12-9-18(24(26)27)13-20(21)17-7-10-19(28-3)11-8-17/h7-13,15-16H,4-6,14H2,1-3H3/t15-,16-/m1/s1. The Morgan fingerprint density at radius 2 is 1.79 bits per heavy atom. The SMILES string of the molecule is COc1ccc(-c2cc([N+](=O)[O-])ccc2OCC(=O)N2[C@H](C)CCC[C@H]2C)cc1. The zero-order valence-electron chi connectivity index (χ0n) is 17.0. The summed E-state index contributed by atoms with van der Waals surface area (Å²) in [7, 11) is 1.57. The Labute approximate surface area is 170 Å². The summed E-state index contributed by atoms with van der Waals surface area (Å²) in [4.78, 5) is 25.4. The van der Waals surface area contributed by atoms with Gasteiger partial charge in [-0.15, -0.1) is 0 Å². The molecule has 1 saturated heterocycles. The van der Waals surface area contributed by atoms with Gasteiger partial charge in [0.05, 0.1) is 12.0 Å². The second kappa shape index (κ2) is 8.94. The van der Waals surface area contributed by atoms with Crippen molar-refractivity contribution in [1.29, 1.82) is 0 Å². The summed E-state index contributed by atoms with van der Waals surface area (Å²) in [5, 5.41) is 11.2. The number of likely N-dealkylation sites (tertiary alicyclic amines) is 1. The number of nitro groups is 1. The third-order valence-corrected chi connectivity index (χ3v) is 5.41. The highest BCUT2D eigenvalue weighted by Gasteiger charge is 2.29. The average molecular weight is 398 g/mol. The molecule has 3 rings (SSSR count). The number of methoxy groups -OCH3 is 1. The number of carbonyl (C=O) groups is 1. The lowest BCUT2D eigenvalue weighted by Gasteiger charge is -2.39. The van der Waals surface area contributed by atoms with Gasteiger partial charge in [0.2, 0.25) is 0 Å². The highest BCUT2D eigenvalue weighted by molar-refractivity contribution is 5.79. The summed E-state index contributed by atoms with van der Waals surface area (Å²) in [5.74, 6) is 1.06. The van der Waals surface area contributed by atoms with E-state index in [-0.39, 0.29) is 30.3 Å². The first-order valence-electron chi connectivity index (χ1n) is 9.77. The molecule has 7 heteroatoms. The molecule has 0 N–H and O–H groups in total. The van der Waals surface area contributed by atoms with Crippen LogP contribution in [0.2, 0.25) is 0 Å². The number of rotatable bonds is 6. The third-order valence-electron chi connectivity index (χ3n) is 5.41. The molecule has 2 aromatic carbocycles. The van der Waals surface area contributed by atoms with E-state index >= 15 is 0 Å². The second-order valence-corrected chi connectivity index (χ2v) is 7.38. The lowest BCUT2D eigenvalue weighted by atomic mass is 9.97. The van der Waals surface area contributed by atoms with Crippen molar-refractivity contribution in [3.63, 3.8) is 0 Å². The van der Waals surface area contributed by atoms with Gasteiger partial charge in [-0.1, -0.05) is 12.1 Å². The van der Waals surface area contributed by atoms with Crippen LogP contribution in [0.25, 0.3) is 11.1 Å². The van der Waals surface area contributed by atoms with Gasteiger partial charge in [-0.3, -0.25) is 14.9 Å². The number of nitro benzene ring substituents is 1. The van der Waals surface area contributed by atoms with Gasteiger partial charge in [0.15, 0.2) is 6.61 Å². The molecule has 29 heavy (non-hydrogen) atoms. The number of non-ortho nitro benzene ring substituents is 1. The fourth-order valence-corrected chi connectivity index (χ4v) is 3.88. The van der Waals surface area contributed by atoms with Crippen LogP contribution in [0.1, 0.15) is 33.1 Å². The predicted octanol–water partition coefficient (Wildman–Crippen LogP) is 4.44. The number of benzene rings is 2. The molecule has 0 radical (unpaired) electrons. The van der Waals surface area contributed by atoms with Gasteiger partial charge < -0.3 is 14.4 Å². The fraction of sp³-hybridized carbons (Fsp3) is 0.409. The highest BCUT2D eigenvalue weighted by Crippen LogP contribution is 2.34. The smallest absolute Gasteiger partial charge is 0.270 e. The maximum Gasteiger partial charge on any atom is 0.270 e. The first kappa shape index (κ1) is 20.6. The molecule has 0 spiro atoms. The van der Waals surface area contributed by atoms with E-state index in [1.54, 1.807) is 37.4 Å². The van der Waals surface area contributed by atoms with Gasteiger partial charge in [0, 0.05) is 29.8 Å². The lowest BCUT2D eigenvalue weighted by Crippen LogP contribution is -2.49. The largest absolute Gasteiger partial charge is 0.497 e. The highest BCUT2D eigenvalue weighted by atomic mass is 16.6. The Kier molecular flexibility index (Phi) is 6.36. The van der Waals surface area contributed by atoms with E-state index in [2.05, 4.69) is 13.8 Å². The summed E-state index contributed by atoms with van der Waals surface area (Å²) in [6.07, 6.45) is 3.10. The van der Waals surface area contributed by atoms with Gasteiger partial charge >= 0.3 is 0 Å².